The lowest BCUT2D eigenvalue weighted by molar-refractivity contribution is 0.107. The van der Waals surface area contributed by atoms with Gasteiger partial charge in [0.05, 0.1) is 21.5 Å². The van der Waals surface area contributed by atoms with Gasteiger partial charge in [-0.05, 0) is 56.3 Å². The van der Waals surface area contributed by atoms with Gasteiger partial charge in [-0.1, -0.05) is 11.3 Å². The molecule has 4 fully saturated rings. The predicted molar refractivity (Wildman–Crippen MR) is 158 cm³/mol. The average Bonchev–Trinajstić information content (AvgIpc) is 3.70. The summed E-state index contributed by atoms with van der Waals surface area (Å²) in [5.74, 6) is -0.383. The zero-order valence-corrected chi connectivity index (χ0v) is 24.7. The summed E-state index contributed by atoms with van der Waals surface area (Å²) >= 11 is 2.37. The molecule has 0 amide bonds. The summed E-state index contributed by atoms with van der Waals surface area (Å²) in [6, 6.07) is 3.61. The minimum absolute atomic E-state index is 0.0833. The molecule has 222 valence electrons. The predicted octanol–water partition coefficient (Wildman–Crippen LogP) is 4.45. The van der Waals surface area contributed by atoms with Gasteiger partial charge in [0.1, 0.15) is 29.2 Å². The topological polar surface area (TPSA) is 95.7 Å². The molecule has 5 aliphatic rings. The van der Waals surface area contributed by atoms with Gasteiger partial charge in [0.2, 0.25) is 0 Å². The van der Waals surface area contributed by atoms with Crippen LogP contribution in [-0.2, 0) is 0 Å². The molecule has 3 aromatic rings. The minimum Gasteiger partial charge on any atom is -0.461 e. The first kappa shape index (κ1) is 26.8. The molecule has 0 spiro atoms. The summed E-state index contributed by atoms with van der Waals surface area (Å²) in [6.07, 6.45) is 3.55. The zero-order chi connectivity index (χ0) is 28.7. The number of nitrogens with zero attached hydrogens (tertiary/aromatic N) is 6. The quantitative estimate of drug-likeness (QED) is 0.401. The van der Waals surface area contributed by atoms with E-state index in [-0.39, 0.29) is 39.4 Å². The number of anilines is 2. The second-order valence-electron chi connectivity index (χ2n) is 12.0. The second-order valence-corrected chi connectivity index (χ2v) is 14.2. The Labute approximate surface area is 249 Å². The Balaban J connectivity index is 1.23. The summed E-state index contributed by atoms with van der Waals surface area (Å²) in [7, 11) is 1.77. The molecule has 4 atom stereocenters. The Morgan fingerprint density at radius 3 is 2.76 bits per heavy atom. The summed E-state index contributed by atoms with van der Waals surface area (Å²) < 4.78 is 54.0. The third kappa shape index (κ3) is 4.24. The Kier molecular flexibility index (Phi) is 6.29. The highest BCUT2D eigenvalue weighted by Crippen LogP contribution is 2.50. The highest BCUT2D eigenvalue weighted by atomic mass is 32.2. The molecule has 1 aromatic carbocycles. The van der Waals surface area contributed by atoms with Crippen molar-refractivity contribution in [2.75, 3.05) is 50.5 Å². The summed E-state index contributed by atoms with van der Waals surface area (Å²) in [5, 5.41) is 3.85. The molecule has 42 heavy (non-hydrogen) atoms. The van der Waals surface area contributed by atoms with E-state index in [0.29, 0.717) is 46.8 Å². The average molecular weight is 617 g/mol. The van der Waals surface area contributed by atoms with Gasteiger partial charge in [0, 0.05) is 50.7 Å². The van der Waals surface area contributed by atoms with Crippen LogP contribution in [0.1, 0.15) is 43.4 Å². The van der Waals surface area contributed by atoms with E-state index in [1.807, 2.05) is 0 Å². The standard InChI is InChI=1S/C28H31F3N8OS2/c1-37-22(17-5-6-18(30)23-20(17)34-26(32)41-23)19(31)21-24(42-37)25(38-11-15-3-4-16(12-38)33-15)36-27(35-21)40-13-28-7-2-8-39(28)10-14(29)9-28/h5-6,14-16,33H,2-4,7-13H2,1H3,(H2,32,34)/t14?,15?,16?,28-/m0/s1. The highest BCUT2D eigenvalue weighted by molar-refractivity contribution is 7.97. The molecule has 3 N–H and O–H groups in total. The van der Waals surface area contributed by atoms with Crippen LogP contribution in [-0.4, -0.2) is 87.8 Å². The van der Waals surface area contributed by atoms with Gasteiger partial charge < -0.3 is 25.0 Å². The number of benzene rings is 1. The number of piperazine rings is 1. The molecular formula is C28H31F3N8OS2. The van der Waals surface area contributed by atoms with Gasteiger partial charge in [-0.2, -0.15) is 9.97 Å². The van der Waals surface area contributed by atoms with Crippen LogP contribution in [0.2, 0.25) is 0 Å². The van der Waals surface area contributed by atoms with E-state index in [9.17, 15) is 8.78 Å². The molecule has 8 rings (SSSR count). The van der Waals surface area contributed by atoms with Gasteiger partial charge in [-0.3, -0.25) is 4.90 Å². The second kappa shape index (κ2) is 9.86. The third-order valence-electron chi connectivity index (χ3n) is 9.30. The molecule has 5 aliphatic heterocycles. The Bertz CT molecular complexity index is 1610. The van der Waals surface area contributed by atoms with E-state index in [0.717, 1.165) is 56.7 Å². The molecule has 14 heteroatoms. The number of nitrogen functional groups attached to an aromatic ring is 1. The number of nitrogens with two attached hydrogens (primary N) is 1. The number of aromatic nitrogens is 3. The molecule has 2 bridgehead atoms. The Morgan fingerprint density at radius 1 is 1.14 bits per heavy atom. The van der Waals surface area contributed by atoms with E-state index in [1.165, 1.54) is 24.1 Å². The number of alkyl halides is 1. The maximum Gasteiger partial charge on any atom is 0.319 e. The number of fused-ring (bicyclic) bond motifs is 5. The van der Waals surface area contributed by atoms with Crippen molar-refractivity contribution in [2.45, 2.75) is 60.8 Å². The molecule has 7 heterocycles. The van der Waals surface area contributed by atoms with Gasteiger partial charge in [0.25, 0.3) is 0 Å². The van der Waals surface area contributed by atoms with Crippen molar-refractivity contribution >= 4 is 56.0 Å². The number of ether oxygens (including phenoxy) is 1. The number of hydrogen-bond donors (Lipinski definition) is 2. The van der Waals surface area contributed by atoms with E-state index in [4.69, 9.17) is 15.5 Å². The van der Waals surface area contributed by atoms with Gasteiger partial charge in [-0.25, -0.2) is 18.2 Å². The lowest BCUT2D eigenvalue weighted by atomic mass is 9.95. The number of thiazole rings is 1. The normalized spacial score (nSPS) is 29.1. The van der Waals surface area contributed by atoms with Gasteiger partial charge in [0.15, 0.2) is 16.8 Å². The number of hydrogen-bond acceptors (Lipinski definition) is 11. The molecule has 9 nitrogen and oxygen atoms in total. The van der Waals surface area contributed by atoms with Crippen molar-refractivity contribution in [1.29, 1.82) is 0 Å². The Hall–Kier alpha value is -2.81. The van der Waals surface area contributed by atoms with E-state index >= 15 is 4.39 Å². The van der Waals surface area contributed by atoms with Crippen LogP contribution in [0.5, 0.6) is 6.01 Å². The molecule has 3 unspecified atom stereocenters. The van der Waals surface area contributed by atoms with Gasteiger partial charge >= 0.3 is 6.01 Å². The first-order valence-corrected chi connectivity index (χ1v) is 16.0. The van der Waals surface area contributed by atoms with E-state index in [1.54, 1.807) is 11.4 Å². The number of nitrogens with one attached hydrogen (secondary N) is 1. The maximum atomic E-state index is 16.8. The smallest absolute Gasteiger partial charge is 0.319 e. The maximum absolute atomic E-state index is 16.8. The van der Waals surface area contributed by atoms with Crippen LogP contribution in [0.4, 0.5) is 24.1 Å². The van der Waals surface area contributed by atoms with Crippen LogP contribution < -0.4 is 20.7 Å². The van der Waals surface area contributed by atoms with Crippen LogP contribution in [0.25, 0.3) is 21.7 Å². The van der Waals surface area contributed by atoms with Crippen molar-refractivity contribution in [3.8, 4) is 6.01 Å². The lowest BCUT2D eigenvalue weighted by Crippen LogP contribution is -2.51. The van der Waals surface area contributed by atoms with Crippen molar-refractivity contribution < 1.29 is 17.9 Å². The number of rotatable bonds is 5. The van der Waals surface area contributed by atoms with Crippen molar-refractivity contribution in [3.63, 3.8) is 0 Å². The largest absolute Gasteiger partial charge is 0.461 e. The molecule has 2 aromatic heterocycles. The van der Waals surface area contributed by atoms with Gasteiger partial charge in [-0.15, -0.1) is 0 Å². The van der Waals surface area contributed by atoms with Crippen molar-refractivity contribution in [3.05, 3.63) is 29.2 Å². The van der Waals surface area contributed by atoms with Crippen LogP contribution >= 0.6 is 23.3 Å². The van der Waals surface area contributed by atoms with Crippen LogP contribution in [0, 0.1) is 5.82 Å². The fourth-order valence-corrected chi connectivity index (χ4v) is 9.24. The first-order valence-electron chi connectivity index (χ1n) is 14.4. The van der Waals surface area contributed by atoms with Crippen LogP contribution in [0.15, 0.2) is 17.0 Å². The minimum atomic E-state index is -0.882. The lowest BCUT2D eigenvalue weighted by Gasteiger charge is -2.37. The van der Waals surface area contributed by atoms with E-state index < -0.39 is 17.8 Å². The first-order chi connectivity index (χ1) is 20.3. The SMILES string of the molecule is CN1Sc2c(nc(OC[C@@]34CCCN3CC(F)C4)nc2N2CC3CCC(C2)N3)C(F)=C1c1ccc(F)c2sc(N)nc12. The monoisotopic (exact) mass is 616 g/mol. The van der Waals surface area contributed by atoms with E-state index in [2.05, 4.69) is 25.1 Å². The molecule has 0 aliphatic carbocycles. The fourth-order valence-electron chi connectivity index (χ4n) is 7.45. The fraction of sp³-hybridized carbons (Fsp3) is 0.536. The van der Waals surface area contributed by atoms with Crippen molar-refractivity contribution in [2.24, 2.45) is 0 Å². The molecule has 4 saturated heterocycles. The zero-order valence-electron chi connectivity index (χ0n) is 23.1. The molecule has 0 radical (unpaired) electrons. The summed E-state index contributed by atoms with van der Waals surface area (Å²) in [5.41, 5.74) is 6.65. The van der Waals surface area contributed by atoms with Crippen molar-refractivity contribution in [1.82, 2.24) is 29.5 Å². The van der Waals surface area contributed by atoms with Crippen LogP contribution in [0.3, 0.4) is 0 Å². The summed E-state index contributed by atoms with van der Waals surface area (Å²) in [4.78, 5) is 18.8. The highest BCUT2D eigenvalue weighted by Gasteiger charge is 2.49. The molecule has 0 saturated carbocycles. The Morgan fingerprint density at radius 2 is 1.95 bits per heavy atom. The summed E-state index contributed by atoms with van der Waals surface area (Å²) in [6.45, 7) is 3.01. The third-order valence-corrected chi connectivity index (χ3v) is 11.2. The molecular weight excluding hydrogens is 585 g/mol. The number of halogens is 3.